The summed E-state index contributed by atoms with van der Waals surface area (Å²) >= 11 is 0. The second kappa shape index (κ2) is 10.9. The third-order valence-electron chi connectivity index (χ3n) is 4.17. The molecule has 1 unspecified atom stereocenters. The van der Waals surface area contributed by atoms with Crippen LogP contribution in [-0.2, 0) is 9.59 Å². The zero-order valence-electron chi connectivity index (χ0n) is 15.2. The van der Waals surface area contributed by atoms with Crippen LogP contribution in [0.1, 0.15) is 36.5 Å². The smallest absolute Gasteiger partial charge is 0.251 e. The first-order valence-corrected chi connectivity index (χ1v) is 8.78. The van der Waals surface area contributed by atoms with Crippen molar-refractivity contribution in [1.29, 1.82) is 0 Å². The van der Waals surface area contributed by atoms with Crippen molar-refractivity contribution in [3.8, 4) is 11.4 Å². The molecule has 8 nitrogen and oxygen atoms in total. The minimum atomic E-state index is -0.163. The van der Waals surface area contributed by atoms with E-state index in [4.69, 9.17) is 0 Å². The van der Waals surface area contributed by atoms with Gasteiger partial charge in [0.05, 0.1) is 6.19 Å². The molecule has 0 fully saturated rings. The summed E-state index contributed by atoms with van der Waals surface area (Å²) in [6, 6.07) is 6.88. The molecule has 1 amide bonds. The summed E-state index contributed by atoms with van der Waals surface area (Å²) in [4.78, 5) is 34.1. The molecule has 2 aromatic rings. The van der Waals surface area contributed by atoms with E-state index in [1.807, 2.05) is 0 Å². The lowest BCUT2D eigenvalue weighted by Gasteiger charge is -2.12. The number of rotatable bonds is 11. The van der Waals surface area contributed by atoms with Crippen molar-refractivity contribution in [2.75, 3.05) is 6.54 Å². The second-order valence-corrected chi connectivity index (χ2v) is 6.11. The molecule has 27 heavy (non-hydrogen) atoms. The first-order chi connectivity index (χ1) is 13.1. The van der Waals surface area contributed by atoms with Gasteiger partial charge in [0.2, 0.25) is 5.82 Å². The van der Waals surface area contributed by atoms with Crippen molar-refractivity contribution in [2.45, 2.75) is 32.5 Å². The fourth-order valence-electron chi connectivity index (χ4n) is 2.62. The lowest BCUT2D eigenvalue weighted by molar-refractivity contribution is -0.120. The van der Waals surface area contributed by atoms with Crippen LogP contribution in [-0.4, -0.2) is 52.1 Å². The van der Waals surface area contributed by atoms with Crippen molar-refractivity contribution < 1.29 is 14.4 Å². The van der Waals surface area contributed by atoms with Crippen LogP contribution in [0.3, 0.4) is 0 Å². The summed E-state index contributed by atoms with van der Waals surface area (Å²) in [5, 5.41) is 17.9. The van der Waals surface area contributed by atoms with E-state index in [-0.39, 0.29) is 17.6 Å². The number of nitrogens with one attached hydrogen (secondary N) is 1. The third kappa shape index (κ3) is 6.69. The molecule has 0 spiro atoms. The highest BCUT2D eigenvalue weighted by atomic mass is 16.1. The van der Waals surface area contributed by atoms with Gasteiger partial charge in [-0.1, -0.05) is 24.9 Å². The van der Waals surface area contributed by atoms with E-state index < -0.39 is 0 Å². The maximum Gasteiger partial charge on any atom is 0.251 e. The Balaban J connectivity index is 1.74. The van der Waals surface area contributed by atoms with E-state index in [9.17, 15) is 14.4 Å². The number of aromatic nitrogens is 4. The zero-order valence-corrected chi connectivity index (χ0v) is 15.2. The van der Waals surface area contributed by atoms with Crippen LogP contribution in [0.25, 0.3) is 11.4 Å². The van der Waals surface area contributed by atoms with Crippen molar-refractivity contribution in [3.63, 3.8) is 0 Å². The second-order valence-electron chi connectivity index (χ2n) is 6.11. The summed E-state index contributed by atoms with van der Waals surface area (Å²) in [5.41, 5.74) is 1.27. The van der Waals surface area contributed by atoms with E-state index >= 15 is 0 Å². The monoisotopic (exact) mass is 366 g/mol. The average Bonchev–Trinajstić information content (AvgIpc) is 2.70. The van der Waals surface area contributed by atoms with Gasteiger partial charge in [-0.05, 0) is 31.9 Å². The molecule has 1 aromatic carbocycles. The predicted octanol–water partition coefficient (Wildman–Crippen LogP) is 1.35. The molecular weight excluding hydrogens is 345 g/mol. The maximum atomic E-state index is 12.2. The van der Waals surface area contributed by atoms with Gasteiger partial charge in [-0.15, -0.1) is 20.4 Å². The maximum absolute atomic E-state index is 12.2. The molecule has 0 saturated carbocycles. The Hall–Kier alpha value is -2.97. The van der Waals surface area contributed by atoms with Gasteiger partial charge < -0.3 is 10.1 Å². The van der Waals surface area contributed by atoms with E-state index in [0.29, 0.717) is 30.7 Å². The van der Waals surface area contributed by atoms with Crippen LogP contribution in [0.4, 0.5) is 0 Å². The summed E-state index contributed by atoms with van der Waals surface area (Å²) in [7, 11) is 1.48. The molecule has 1 radical (unpaired) electrons. The molecule has 1 aromatic heterocycles. The predicted molar refractivity (Wildman–Crippen MR) is 101 cm³/mol. The van der Waals surface area contributed by atoms with Crippen molar-refractivity contribution in [1.82, 2.24) is 25.7 Å². The third-order valence-corrected chi connectivity index (χ3v) is 4.17. The van der Waals surface area contributed by atoms with Crippen LogP contribution in [0.2, 0.25) is 6.32 Å². The first-order valence-electron chi connectivity index (χ1n) is 8.78. The summed E-state index contributed by atoms with van der Waals surface area (Å²) in [6.45, 7) is 2.07. The molecule has 1 heterocycles. The Bertz CT molecular complexity index is 755. The van der Waals surface area contributed by atoms with Gasteiger partial charge in [0.25, 0.3) is 5.91 Å². The van der Waals surface area contributed by atoms with Crippen molar-refractivity contribution in [2.24, 2.45) is 5.92 Å². The van der Waals surface area contributed by atoms with Crippen molar-refractivity contribution >= 4 is 25.2 Å². The zero-order chi connectivity index (χ0) is 19.5. The van der Waals surface area contributed by atoms with Gasteiger partial charge in [0.1, 0.15) is 5.78 Å². The van der Waals surface area contributed by atoms with E-state index in [2.05, 4.69) is 25.7 Å². The van der Waals surface area contributed by atoms with E-state index in [1.54, 1.807) is 31.2 Å². The Morgan fingerprint density at radius 3 is 2.48 bits per heavy atom. The van der Waals surface area contributed by atoms with E-state index in [1.165, 1.54) is 13.6 Å². The fourth-order valence-corrected chi connectivity index (χ4v) is 2.62. The first kappa shape index (κ1) is 20.3. The van der Waals surface area contributed by atoms with Gasteiger partial charge in [0, 0.05) is 23.6 Å². The van der Waals surface area contributed by atoms with Crippen LogP contribution in [0.5, 0.6) is 0 Å². The minimum absolute atomic E-state index is 0.0880. The minimum Gasteiger partial charge on any atom is -0.352 e. The van der Waals surface area contributed by atoms with Crippen LogP contribution in [0, 0.1) is 5.92 Å². The molecule has 139 valence electrons. The number of Topliss-reactive ketones (excluding diaryl/α,β-unsaturated/α-hetero) is 1. The van der Waals surface area contributed by atoms with Gasteiger partial charge in [0.15, 0.2) is 13.6 Å². The normalized spacial score (nSPS) is 11.4. The number of nitrogens with zero attached hydrogens (tertiary/aromatic N) is 4. The quantitative estimate of drug-likeness (QED) is 0.363. The summed E-state index contributed by atoms with van der Waals surface area (Å²) in [6.07, 6.45) is 4.74. The Kier molecular flexibility index (Phi) is 8.21. The highest BCUT2D eigenvalue weighted by Gasteiger charge is 2.14. The summed E-state index contributed by atoms with van der Waals surface area (Å²) < 4.78 is 0. The molecule has 0 aliphatic rings. The van der Waals surface area contributed by atoms with Gasteiger partial charge in [-0.2, -0.15) is 0 Å². The van der Waals surface area contributed by atoms with E-state index in [0.717, 1.165) is 24.6 Å². The molecule has 0 aliphatic carbocycles. The van der Waals surface area contributed by atoms with Gasteiger partial charge in [-0.25, -0.2) is 0 Å². The molecular formula is C18H21BN5O3. The largest absolute Gasteiger partial charge is 0.352 e. The number of amides is 1. The number of carbonyl (C=O) groups is 3. The number of ketones is 1. The van der Waals surface area contributed by atoms with Crippen LogP contribution >= 0.6 is 0 Å². The lowest BCUT2D eigenvalue weighted by atomic mass is 9.69. The Morgan fingerprint density at radius 2 is 1.85 bits per heavy atom. The number of benzene rings is 1. The van der Waals surface area contributed by atoms with Crippen LogP contribution in [0.15, 0.2) is 30.6 Å². The van der Waals surface area contributed by atoms with Crippen molar-refractivity contribution in [3.05, 3.63) is 36.2 Å². The number of hydrogen-bond acceptors (Lipinski definition) is 7. The highest BCUT2D eigenvalue weighted by Crippen LogP contribution is 2.15. The highest BCUT2D eigenvalue weighted by molar-refractivity contribution is 6.66. The van der Waals surface area contributed by atoms with Gasteiger partial charge >= 0.3 is 0 Å². The molecule has 1 atom stereocenters. The average molecular weight is 366 g/mol. The Labute approximate surface area is 158 Å². The topological polar surface area (TPSA) is 115 Å². The SMILES string of the molecule is CC(=O)C(C[B]C=O)CCCCNC(=O)c1ccc(-c2nncnn2)cc1. The molecule has 0 saturated heterocycles. The molecule has 9 heteroatoms. The number of carbonyl (C=O) groups excluding carboxylic acids is 3. The Morgan fingerprint density at radius 1 is 1.15 bits per heavy atom. The lowest BCUT2D eigenvalue weighted by Crippen LogP contribution is -2.24. The molecule has 0 aliphatic heterocycles. The molecule has 1 N–H and O–H groups in total. The van der Waals surface area contributed by atoms with Crippen LogP contribution < -0.4 is 5.32 Å². The fraction of sp³-hybridized carbons (Fsp3) is 0.389. The standard InChI is InChI=1S/C18H21BN5O3/c1-13(26)16(10-19-11-25)4-2-3-9-20-18(27)15-7-5-14(6-8-15)17-23-21-12-22-24-17/h5-8,11-12,16H,2-4,9-10H2,1H3,(H,20,27). The molecule has 0 bridgehead atoms. The number of hydrogen-bond donors (Lipinski definition) is 1. The number of unbranched alkanes of at least 4 members (excludes halogenated alkanes) is 1. The molecule has 2 rings (SSSR count). The summed E-state index contributed by atoms with van der Waals surface area (Å²) in [5.74, 6) is 0.202. The van der Waals surface area contributed by atoms with Gasteiger partial charge in [-0.3, -0.25) is 9.59 Å².